The molecule has 1 saturated heterocycles. The van der Waals surface area contributed by atoms with Crippen LogP contribution in [-0.2, 0) is 9.59 Å². The van der Waals surface area contributed by atoms with Gasteiger partial charge >= 0.3 is 0 Å². The zero-order valence-electron chi connectivity index (χ0n) is 12.3. The Labute approximate surface area is 129 Å². The minimum absolute atomic E-state index is 0.00472. The maximum atomic E-state index is 12.5. The summed E-state index contributed by atoms with van der Waals surface area (Å²) in [5.74, 6) is -0.0705. The number of hydrogen-bond acceptors (Lipinski definition) is 3. The lowest BCUT2D eigenvalue weighted by Crippen LogP contribution is -2.44. The van der Waals surface area contributed by atoms with Crippen molar-refractivity contribution in [2.24, 2.45) is 0 Å². The Hall–Kier alpha value is -1.59. The average molecular weight is 310 g/mol. The third-order valence-electron chi connectivity index (χ3n) is 3.62. The van der Waals surface area contributed by atoms with E-state index in [9.17, 15) is 9.59 Å². The van der Waals surface area contributed by atoms with Crippen LogP contribution < -0.4 is 10.2 Å². The number of amides is 2. The number of rotatable bonds is 5. The van der Waals surface area contributed by atoms with Crippen LogP contribution in [0.3, 0.4) is 0 Å². The van der Waals surface area contributed by atoms with E-state index >= 15 is 0 Å². The van der Waals surface area contributed by atoms with Crippen LogP contribution in [0, 0.1) is 0 Å². The molecule has 0 aromatic heterocycles. The second kappa shape index (κ2) is 6.91. The first-order chi connectivity index (χ1) is 10.0. The molecule has 1 aromatic carbocycles. The Balaban J connectivity index is 2.05. The molecule has 6 heteroatoms. The van der Waals surface area contributed by atoms with Gasteiger partial charge in [0.2, 0.25) is 11.8 Å². The number of carbonyl (C=O) groups is 2. The highest BCUT2D eigenvalue weighted by Crippen LogP contribution is 2.30. The van der Waals surface area contributed by atoms with Gasteiger partial charge < -0.3 is 10.2 Å². The molecule has 0 aliphatic carbocycles. The molecule has 2 rings (SSSR count). The Morgan fingerprint density at radius 3 is 2.86 bits per heavy atom. The van der Waals surface area contributed by atoms with E-state index < -0.39 is 0 Å². The van der Waals surface area contributed by atoms with E-state index in [1.807, 2.05) is 25.1 Å². The van der Waals surface area contributed by atoms with E-state index in [4.69, 9.17) is 11.6 Å². The van der Waals surface area contributed by atoms with Gasteiger partial charge in [-0.05, 0) is 32.5 Å². The highest BCUT2D eigenvalue weighted by atomic mass is 35.5. The summed E-state index contributed by atoms with van der Waals surface area (Å²) in [6, 6.07) is 7.04. The first kappa shape index (κ1) is 15.8. The zero-order valence-corrected chi connectivity index (χ0v) is 13.1. The summed E-state index contributed by atoms with van der Waals surface area (Å²) in [4.78, 5) is 27.6. The topological polar surface area (TPSA) is 52.7 Å². The number of likely N-dealkylation sites (N-methyl/N-ethyl adjacent to an activating group) is 2. The maximum absolute atomic E-state index is 12.5. The Morgan fingerprint density at radius 1 is 1.48 bits per heavy atom. The standard InChI is InChI=1S/C15H20ClN3O2/c1-3-17-14(20)10-18(2)13-8-9-19(15(13)21)12-7-5-4-6-11(12)16/h4-7,13H,3,8-10H2,1-2H3,(H,17,20). The molecule has 1 aromatic rings. The van der Waals surface area contributed by atoms with E-state index in [0.717, 1.165) is 5.69 Å². The van der Waals surface area contributed by atoms with Gasteiger partial charge in [-0.15, -0.1) is 0 Å². The van der Waals surface area contributed by atoms with Gasteiger partial charge in [0, 0.05) is 13.1 Å². The quantitative estimate of drug-likeness (QED) is 0.897. The summed E-state index contributed by atoms with van der Waals surface area (Å²) in [5.41, 5.74) is 0.734. The molecule has 0 saturated carbocycles. The molecule has 1 aliphatic rings. The van der Waals surface area contributed by atoms with Crippen molar-refractivity contribution in [3.8, 4) is 0 Å². The van der Waals surface area contributed by atoms with Gasteiger partial charge in [-0.2, -0.15) is 0 Å². The van der Waals surface area contributed by atoms with E-state index in [0.29, 0.717) is 24.5 Å². The van der Waals surface area contributed by atoms with Crippen LogP contribution >= 0.6 is 11.6 Å². The van der Waals surface area contributed by atoms with Crippen molar-refractivity contribution in [2.45, 2.75) is 19.4 Å². The van der Waals surface area contributed by atoms with Crippen molar-refractivity contribution < 1.29 is 9.59 Å². The van der Waals surface area contributed by atoms with Gasteiger partial charge in [0.05, 0.1) is 23.3 Å². The molecule has 5 nitrogen and oxygen atoms in total. The fraction of sp³-hybridized carbons (Fsp3) is 0.467. The van der Waals surface area contributed by atoms with Gasteiger partial charge in [-0.25, -0.2) is 0 Å². The van der Waals surface area contributed by atoms with Crippen molar-refractivity contribution in [3.63, 3.8) is 0 Å². The predicted octanol–water partition coefficient (Wildman–Crippen LogP) is 1.51. The molecule has 2 amide bonds. The molecule has 1 fully saturated rings. The molecule has 114 valence electrons. The van der Waals surface area contributed by atoms with E-state index in [1.54, 1.807) is 22.9 Å². The van der Waals surface area contributed by atoms with Gasteiger partial charge in [0.1, 0.15) is 0 Å². The Morgan fingerprint density at radius 2 is 2.19 bits per heavy atom. The second-order valence-corrected chi connectivity index (χ2v) is 5.52. The summed E-state index contributed by atoms with van der Waals surface area (Å²) < 4.78 is 0. The Bertz CT molecular complexity index is 535. The average Bonchev–Trinajstić information content (AvgIpc) is 2.81. The summed E-state index contributed by atoms with van der Waals surface area (Å²) in [6.45, 7) is 3.31. The lowest BCUT2D eigenvalue weighted by Gasteiger charge is -2.23. The number of anilines is 1. The third-order valence-corrected chi connectivity index (χ3v) is 3.94. The fourth-order valence-corrected chi connectivity index (χ4v) is 2.81. The van der Waals surface area contributed by atoms with Crippen molar-refractivity contribution in [2.75, 3.05) is 31.6 Å². The van der Waals surface area contributed by atoms with Crippen LogP contribution in [0.2, 0.25) is 5.02 Å². The van der Waals surface area contributed by atoms with Crippen LogP contribution in [0.5, 0.6) is 0 Å². The van der Waals surface area contributed by atoms with Crippen molar-refractivity contribution in [1.82, 2.24) is 10.2 Å². The van der Waals surface area contributed by atoms with Crippen molar-refractivity contribution >= 4 is 29.1 Å². The normalized spacial score (nSPS) is 18.4. The minimum atomic E-state index is -0.274. The molecule has 1 heterocycles. The predicted molar refractivity (Wildman–Crippen MR) is 83.5 cm³/mol. The van der Waals surface area contributed by atoms with Crippen LogP contribution in [0.1, 0.15) is 13.3 Å². The van der Waals surface area contributed by atoms with Crippen molar-refractivity contribution in [1.29, 1.82) is 0 Å². The highest BCUT2D eigenvalue weighted by molar-refractivity contribution is 6.33. The molecule has 1 N–H and O–H groups in total. The molecule has 0 spiro atoms. The number of carbonyl (C=O) groups excluding carboxylic acids is 2. The second-order valence-electron chi connectivity index (χ2n) is 5.11. The van der Waals surface area contributed by atoms with E-state index in [1.165, 1.54) is 0 Å². The first-order valence-electron chi connectivity index (χ1n) is 7.07. The van der Waals surface area contributed by atoms with Crippen LogP contribution in [0.25, 0.3) is 0 Å². The minimum Gasteiger partial charge on any atom is -0.355 e. The van der Waals surface area contributed by atoms with Gasteiger partial charge in [-0.3, -0.25) is 14.5 Å². The summed E-state index contributed by atoms with van der Waals surface area (Å²) in [7, 11) is 1.80. The van der Waals surface area contributed by atoms with Crippen LogP contribution in [-0.4, -0.2) is 49.4 Å². The highest BCUT2D eigenvalue weighted by Gasteiger charge is 2.36. The number of nitrogens with zero attached hydrogens (tertiary/aromatic N) is 2. The SMILES string of the molecule is CCNC(=O)CN(C)C1CCN(c2ccccc2Cl)C1=O. The molecule has 1 unspecified atom stereocenters. The number of para-hydroxylation sites is 1. The summed E-state index contributed by atoms with van der Waals surface area (Å²) in [5, 5.41) is 3.31. The van der Waals surface area contributed by atoms with Crippen LogP contribution in [0.15, 0.2) is 24.3 Å². The summed E-state index contributed by atoms with van der Waals surface area (Å²) in [6.07, 6.45) is 0.694. The van der Waals surface area contributed by atoms with Crippen molar-refractivity contribution in [3.05, 3.63) is 29.3 Å². The largest absolute Gasteiger partial charge is 0.355 e. The Kier molecular flexibility index (Phi) is 5.20. The van der Waals surface area contributed by atoms with E-state index in [-0.39, 0.29) is 24.4 Å². The molecule has 1 aliphatic heterocycles. The maximum Gasteiger partial charge on any atom is 0.244 e. The monoisotopic (exact) mass is 309 g/mol. The number of hydrogen-bond donors (Lipinski definition) is 1. The van der Waals surface area contributed by atoms with Gasteiger partial charge in [0.25, 0.3) is 0 Å². The number of halogens is 1. The van der Waals surface area contributed by atoms with Crippen LogP contribution in [0.4, 0.5) is 5.69 Å². The molecule has 21 heavy (non-hydrogen) atoms. The van der Waals surface area contributed by atoms with Gasteiger partial charge in [0.15, 0.2) is 0 Å². The lowest BCUT2D eigenvalue weighted by molar-refractivity contribution is -0.125. The lowest BCUT2D eigenvalue weighted by atomic mass is 10.2. The number of benzene rings is 1. The zero-order chi connectivity index (χ0) is 15.4. The van der Waals surface area contributed by atoms with E-state index in [2.05, 4.69) is 5.32 Å². The molecule has 0 radical (unpaired) electrons. The first-order valence-corrected chi connectivity index (χ1v) is 7.45. The van der Waals surface area contributed by atoms with Gasteiger partial charge in [-0.1, -0.05) is 23.7 Å². The third kappa shape index (κ3) is 3.54. The molecule has 0 bridgehead atoms. The number of nitrogens with one attached hydrogen (secondary N) is 1. The molecule has 1 atom stereocenters. The smallest absolute Gasteiger partial charge is 0.244 e. The molecular weight excluding hydrogens is 290 g/mol. The summed E-state index contributed by atoms with van der Waals surface area (Å²) >= 11 is 6.15. The molecular formula is C15H20ClN3O2. The fourth-order valence-electron chi connectivity index (χ4n) is 2.57.